The molecule has 0 saturated carbocycles. The maximum atomic E-state index is 12.8. The van der Waals surface area contributed by atoms with E-state index in [9.17, 15) is 9.90 Å². The van der Waals surface area contributed by atoms with Crippen molar-refractivity contribution < 1.29 is 14.6 Å². The van der Waals surface area contributed by atoms with Crippen LogP contribution in [0, 0.1) is 0 Å². The smallest absolute Gasteiger partial charge is 0.199 e. The van der Waals surface area contributed by atoms with Gasteiger partial charge in [-0.2, -0.15) is 0 Å². The molecule has 1 heterocycles. The van der Waals surface area contributed by atoms with Crippen LogP contribution >= 0.6 is 15.9 Å². The lowest BCUT2D eigenvalue weighted by molar-refractivity contribution is 0.103. The minimum Gasteiger partial charge on any atom is -0.507 e. The lowest BCUT2D eigenvalue weighted by Crippen LogP contribution is -2.10. The number of aromatic hydroxyl groups is 1. The highest BCUT2D eigenvalue weighted by molar-refractivity contribution is 9.11. The van der Waals surface area contributed by atoms with Crippen LogP contribution < -0.4 is 0 Å². The minimum absolute atomic E-state index is 0.00320. The van der Waals surface area contributed by atoms with Gasteiger partial charge in [-0.05, 0) is 46.0 Å². The molecule has 0 atom stereocenters. The number of Topliss-reactive ketones (excluding diaryl/α,β-unsaturated/α-hetero) is 1. The molecule has 4 rings (SSSR count). The van der Waals surface area contributed by atoms with Gasteiger partial charge >= 0.3 is 0 Å². The van der Waals surface area contributed by atoms with Crippen molar-refractivity contribution in [2.24, 2.45) is 0 Å². The Kier molecular flexibility index (Phi) is 3.62. The molecule has 1 aliphatic carbocycles. The van der Waals surface area contributed by atoms with E-state index in [1.54, 1.807) is 12.1 Å². The number of hydrogen-bond donors (Lipinski definition) is 1. The lowest BCUT2D eigenvalue weighted by Gasteiger charge is -2.20. The molecule has 0 radical (unpaired) electrons. The summed E-state index contributed by atoms with van der Waals surface area (Å²) in [5.74, 6) is 0.482. The molecular weight excluding hydrogens is 368 g/mol. The van der Waals surface area contributed by atoms with Crippen LogP contribution in [-0.2, 0) is 4.74 Å². The molecule has 0 bridgehead atoms. The maximum Gasteiger partial charge on any atom is 0.199 e. The average molecular weight is 381 g/mol. The van der Waals surface area contributed by atoms with E-state index in [-0.39, 0.29) is 17.1 Å². The number of rotatable bonds is 2. The number of phenols is 1. The third-order valence-electron chi connectivity index (χ3n) is 4.15. The van der Waals surface area contributed by atoms with Crippen LogP contribution in [-0.4, -0.2) is 10.9 Å². The van der Waals surface area contributed by atoms with Gasteiger partial charge in [0.2, 0.25) is 0 Å². The molecule has 0 aromatic heterocycles. The van der Waals surface area contributed by atoms with Crippen molar-refractivity contribution in [3.05, 3.63) is 87.8 Å². The lowest BCUT2D eigenvalue weighted by atomic mass is 9.95. The quantitative estimate of drug-likeness (QED) is 0.734. The molecule has 1 aliphatic heterocycles. The third-order valence-corrected chi connectivity index (χ3v) is 4.78. The molecule has 0 fully saturated rings. The van der Waals surface area contributed by atoms with Crippen molar-refractivity contribution in [2.75, 3.05) is 0 Å². The minimum atomic E-state index is -0.254. The number of benzene rings is 2. The number of ether oxygens (including phenoxy) is 1. The Bertz CT molecular complexity index is 993. The van der Waals surface area contributed by atoms with Gasteiger partial charge in [-0.1, -0.05) is 36.4 Å². The highest BCUT2D eigenvalue weighted by Gasteiger charge is 2.23. The summed E-state index contributed by atoms with van der Waals surface area (Å²) in [4.78, 5) is 12.8. The molecule has 2 aromatic carbocycles. The second-order valence-corrected chi connectivity index (χ2v) is 6.51. The van der Waals surface area contributed by atoms with Gasteiger partial charge in [0, 0.05) is 11.0 Å². The Balaban J connectivity index is 1.74. The van der Waals surface area contributed by atoms with E-state index in [1.807, 2.05) is 42.5 Å². The van der Waals surface area contributed by atoms with E-state index in [4.69, 9.17) is 4.74 Å². The van der Waals surface area contributed by atoms with Crippen LogP contribution in [0.5, 0.6) is 5.75 Å². The first kappa shape index (κ1) is 15.0. The number of hydrogen-bond acceptors (Lipinski definition) is 3. The van der Waals surface area contributed by atoms with Gasteiger partial charge in [0.15, 0.2) is 5.78 Å². The fourth-order valence-electron chi connectivity index (χ4n) is 2.92. The summed E-state index contributed by atoms with van der Waals surface area (Å²) in [6.45, 7) is 0. The number of carbonyl (C=O) groups is 1. The molecule has 1 N–H and O–H groups in total. The zero-order chi connectivity index (χ0) is 16.7. The first-order valence-corrected chi connectivity index (χ1v) is 8.34. The molecule has 4 heteroatoms. The van der Waals surface area contributed by atoms with Crippen LogP contribution in [0.1, 0.15) is 16.8 Å². The number of ketones is 1. The number of phenolic OH excluding ortho intramolecular Hbond substituents is 1. The molecule has 24 heavy (non-hydrogen) atoms. The van der Waals surface area contributed by atoms with E-state index in [0.717, 1.165) is 21.2 Å². The topological polar surface area (TPSA) is 46.5 Å². The van der Waals surface area contributed by atoms with E-state index < -0.39 is 0 Å². The highest BCUT2D eigenvalue weighted by atomic mass is 79.9. The number of halogens is 1. The highest BCUT2D eigenvalue weighted by Crippen LogP contribution is 2.35. The van der Waals surface area contributed by atoms with E-state index in [1.165, 1.54) is 6.26 Å². The summed E-state index contributed by atoms with van der Waals surface area (Å²) in [5.41, 5.74) is 1.64. The van der Waals surface area contributed by atoms with Gasteiger partial charge in [0.25, 0.3) is 0 Å². The standard InChI is InChI=1S/C20H13BrO3/c21-17-7-3-5-13-10-14(11-24-20(13)17)18(22)16-9-8-12-4-1-2-6-15(12)19(16)23/h1-4,6-11,23H,5H2. The molecule has 2 aliphatic rings. The molecule has 3 nitrogen and oxygen atoms in total. The predicted octanol–water partition coefficient (Wildman–Crippen LogP) is 5.14. The third kappa shape index (κ3) is 2.39. The first-order chi connectivity index (χ1) is 11.6. The zero-order valence-electron chi connectivity index (χ0n) is 12.6. The average Bonchev–Trinajstić information content (AvgIpc) is 2.62. The summed E-state index contributed by atoms with van der Waals surface area (Å²) in [6.07, 6.45) is 7.90. The Morgan fingerprint density at radius 3 is 2.88 bits per heavy atom. The largest absolute Gasteiger partial charge is 0.507 e. The van der Waals surface area contributed by atoms with Crippen molar-refractivity contribution in [1.82, 2.24) is 0 Å². The second-order valence-electron chi connectivity index (χ2n) is 5.66. The van der Waals surface area contributed by atoms with Gasteiger partial charge in [-0.25, -0.2) is 0 Å². The van der Waals surface area contributed by atoms with Gasteiger partial charge in [0.05, 0.1) is 15.6 Å². The summed E-state index contributed by atoms with van der Waals surface area (Å²) >= 11 is 3.44. The SMILES string of the molecule is O=C(C1=COC2=C(Br)C=CCC2=C1)c1ccc2ccccc2c1O. The number of allylic oxidation sites excluding steroid dienone is 6. The first-order valence-electron chi connectivity index (χ1n) is 7.54. The summed E-state index contributed by atoms with van der Waals surface area (Å²) < 4.78 is 6.48. The molecule has 2 aromatic rings. The predicted molar refractivity (Wildman–Crippen MR) is 96.9 cm³/mol. The van der Waals surface area contributed by atoms with Crippen molar-refractivity contribution >= 4 is 32.5 Å². The molecule has 0 amide bonds. The normalized spacial score (nSPS) is 16.4. The van der Waals surface area contributed by atoms with Crippen molar-refractivity contribution in [2.45, 2.75) is 6.42 Å². The summed E-state index contributed by atoms with van der Waals surface area (Å²) in [7, 11) is 0. The van der Waals surface area contributed by atoms with Crippen LogP contribution in [0.25, 0.3) is 10.8 Å². The van der Waals surface area contributed by atoms with Crippen molar-refractivity contribution in [3.63, 3.8) is 0 Å². The van der Waals surface area contributed by atoms with Crippen LogP contribution in [0.3, 0.4) is 0 Å². The summed E-state index contributed by atoms with van der Waals surface area (Å²) in [6, 6.07) is 10.9. The summed E-state index contributed by atoms with van der Waals surface area (Å²) in [5, 5.41) is 12.0. The molecule has 0 saturated heterocycles. The van der Waals surface area contributed by atoms with Crippen LogP contribution in [0.2, 0.25) is 0 Å². The van der Waals surface area contributed by atoms with Crippen molar-refractivity contribution in [3.8, 4) is 5.75 Å². The van der Waals surface area contributed by atoms with Crippen LogP contribution in [0.4, 0.5) is 0 Å². The van der Waals surface area contributed by atoms with Crippen LogP contribution in [0.15, 0.2) is 82.3 Å². The fourth-order valence-corrected chi connectivity index (χ4v) is 3.46. The van der Waals surface area contributed by atoms with E-state index >= 15 is 0 Å². The molecule has 0 spiro atoms. The van der Waals surface area contributed by atoms with Gasteiger partial charge < -0.3 is 9.84 Å². The second kappa shape index (κ2) is 5.80. The maximum absolute atomic E-state index is 12.8. The van der Waals surface area contributed by atoms with Crippen molar-refractivity contribution in [1.29, 1.82) is 0 Å². The molecular formula is C20H13BrO3. The Hall–Kier alpha value is -2.59. The molecule has 0 unspecified atom stereocenters. The number of fused-ring (bicyclic) bond motifs is 2. The molecule has 118 valence electrons. The van der Waals surface area contributed by atoms with Gasteiger partial charge in [-0.3, -0.25) is 4.79 Å². The monoisotopic (exact) mass is 380 g/mol. The van der Waals surface area contributed by atoms with Gasteiger partial charge in [0.1, 0.15) is 17.8 Å². The van der Waals surface area contributed by atoms with E-state index in [0.29, 0.717) is 17.4 Å². The zero-order valence-corrected chi connectivity index (χ0v) is 14.2. The fraction of sp³-hybridized carbons (Fsp3) is 0.0500. The Labute approximate surface area is 147 Å². The van der Waals surface area contributed by atoms with Gasteiger partial charge in [-0.15, -0.1) is 0 Å². The Morgan fingerprint density at radius 2 is 2.00 bits per heavy atom. The van der Waals surface area contributed by atoms with E-state index in [2.05, 4.69) is 15.9 Å². The number of carbonyl (C=O) groups excluding carboxylic acids is 1. The Morgan fingerprint density at radius 1 is 1.17 bits per heavy atom.